The summed E-state index contributed by atoms with van der Waals surface area (Å²) in [5, 5.41) is 35.1. The lowest BCUT2D eigenvalue weighted by atomic mass is 10.0. The van der Waals surface area contributed by atoms with Gasteiger partial charge in [-0.25, -0.2) is 24.9 Å². The molecule has 9 rings (SSSR count). The van der Waals surface area contributed by atoms with E-state index < -0.39 is 12.2 Å². The highest BCUT2D eigenvalue weighted by molar-refractivity contribution is 6.02. The first kappa shape index (κ1) is 31.9. The Bertz CT molecular complexity index is 2330. The van der Waals surface area contributed by atoms with Crippen LogP contribution in [0.15, 0.2) is 55.1 Å². The largest absolute Gasteiger partial charge is 0.385 e. The number of fused-ring (bicyclic) bond motifs is 6. The van der Waals surface area contributed by atoms with Crippen LogP contribution in [0, 0.1) is 11.3 Å². The fourth-order valence-corrected chi connectivity index (χ4v) is 7.63. The number of pyridine rings is 3. The Morgan fingerprint density at radius 2 is 1.30 bits per heavy atom. The van der Waals surface area contributed by atoms with Crippen LogP contribution < -0.4 is 10.2 Å². The van der Waals surface area contributed by atoms with Crippen molar-refractivity contribution in [3.05, 3.63) is 72.5 Å². The summed E-state index contributed by atoms with van der Waals surface area (Å²) in [6.07, 6.45) is 10.0. The van der Waals surface area contributed by atoms with Gasteiger partial charge in [0.2, 0.25) is 0 Å². The summed E-state index contributed by atoms with van der Waals surface area (Å²) >= 11 is 0. The molecule has 2 atom stereocenters. The maximum absolute atomic E-state index is 10.4. The number of imidazole rings is 2. The van der Waals surface area contributed by atoms with Crippen molar-refractivity contribution < 1.29 is 10.2 Å². The molecule has 7 aromatic rings. The monoisotopic (exact) mass is 672 g/mol. The van der Waals surface area contributed by atoms with Crippen molar-refractivity contribution in [2.24, 2.45) is 0 Å². The average Bonchev–Trinajstić information content (AvgIpc) is 3.96. The molecule has 0 unspecified atom stereocenters. The third-order valence-corrected chi connectivity index (χ3v) is 9.95. The van der Waals surface area contributed by atoms with Crippen molar-refractivity contribution in [1.29, 1.82) is 5.26 Å². The van der Waals surface area contributed by atoms with Crippen molar-refractivity contribution in [1.82, 2.24) is 49.3 Å². The molecule has 0 saturated carbocycles. The second kappa shape index (κ2) is 13.2. The molecular formula is C36H40N12O2. The first-order chi connectivity index (χ1) is 24.4. The Morgan fingerprint density at radius 1 is 0.760 bits per heavy atom. The lowest BCUT2D eigenvalue weighted by Crippen LogP contribution is -2.35. The van der Waals surface area contributed by atoms with Crippen LogP contribution in [0.1, 0.15) is 81.2 Å². The average molecular weight is 673 g/mol. The lowest BCUT2D eigenvalue weighted by molar-refractivity contribution is 0.178. The number of anilines is 1. The van der Waals surface area contributed by atoms with Gasteiger partial charge in [0.1, 0.15) is 63.8 Å². The van der Waals surface area contributed by atoms with Crippen molar-refractivity contribution in [3.63, 3.8) is 0 Å². The molecule has 0 aliphatic carbocycles. The number of aromatic amines is 2. The minimum absolute atomic E-state index is 0.223. The minimum Gasteiger partial charge on any atom is -0.385 e. The Kier molecular flexibility index (Phi) is 8.39. The fourth-order valence-electron chi connectivity index (χ4n) is 7.63. The molecule has 14 nitrogen and oxygen atoms in total. The van der Waals surface area contributed by atoms with Crippen LogP contribution in [0.5, 0.6) is 0 Å². The van der Waals surface area contributed by atoms with Crippen molar-refractivity contribution in [3.8, 4) is 6.07 Å². The molecule has 0 spiro atoms. The van der Waals surface area contributed by atoms with Crippen LogP contribution in [0.4, 0.5) is 5.82 Å². The van der Waals surface area contributed by atoms with Gasteiger partial charge in [-0.3, -0.25) is 0 Å². The standard InChI is InChI=1S/C21H21N7O.C15H19N5O/c1-13(29)21-26-17-12-24-20-16(5-8-23-20)19(17)28(21)15-6-9-27(10-7-15)18-4-2-3-14(11-22)25-18;1-9(21)15-19-12-8-18-14-11(4-7-17-14)13(12)20(15)10-2-5-16-6-3-10/h2-5,8,12-13,15,29H,6-7,9-10H2,1H3,(H,23,24);4,7-10,16,21H,2-3,5-6H2,1H3,(H,17,18)/t13-;9-/m11/s1. The van der Waals surface area contributed by atoms with E-state index in [4.69, 9.17) is 10.2 Å². The Labute approximate surface area is 287 Å². The van der Waals surface area contributed by atoms with Gasteiger partial charge in [0, 0.05) is 48.3 Å². The highest BCUT2D eigenvalue weighted by Crippen LogP contribution is 2.35. The molecule has 5 N–H and O–H groups in total. The van der Waals surface area contributed by atoms with Crippen molar-refractivity contribution >= 4 is 50.0 Å². The number of piperidine rings is 2. The van der Waals surface area contributed by atoms with Crippen molar-refractivity contribution in [2.75, 3.05) is 31.1 Å². The Hall–Kier alpha value is -5.36. The lowest BCUT2D eigenvalue weighted by Gasteiger charge is -2.34. The number of nitrogens with one attached hydrogen (secondary N) is 3. The van der Waals surface area contributed by atoms with E-state index >= 15 is 0 Å². The highest BCUT2D eigenvalue weighted by atomic mass is 16.3. The number of nitrogens with zero attached hydrogens (tertiary/aromatic N) is 9. The molecule has 7 aromatic heterocycles. The molecule has 0 radical (unpaired) electrons. The number of rotatable bonds is 5. The molecule has 2 aliphatic rings. The van der Waals surface area contributed by atoms with Gasteiger partial charge in [-0.1, -0.05) is 6.07 Å². The van der Waals surface area contributed by atoms with Crippen LogP contribution >= 0.6 is 0 Å². The van der Waals surface area contributed by atoms with Crippen molar-refractivity contribution in [2.45, 2.75) is 63.8 Å². The minimum atomic E-state index is -0.664. The highest BCUT2D eigenvalue weighted by Gasteiger charge is 2.28. The van der Waals surface area contributed by atoms with E-state index in [9.17, 15) is 10.2 Å². The van der Waals surface area contributed by atoms with E-state index in [-0.39, 0.29) is 6.04 Å². The zero-order valence-corrected chi connectivity index (χ0v) is 28.1. The maximum atomic E-state index is 10.4. The summed E-state index contributed by atoms with van der Waals surface area (Å²) < 4.78 is 4.44. The molecule has 0 aromatic carbocycles. The van der Waals surface area contributed by atoms with E-state index in [1.807, 2.05) is 36.7 Å². The summed E-state index contributed by atoms with van der Waals surface area (Å²) in [4.78, 5) is 31.1. The van der Waals surface area contributed by atoms with E-state index in [1.54, 1.807) is 32.3 Å². The van der Waals surface area contributed by atoms with Gasteiger partial charge in [0.15, 0.2) is 0 Å². The Balaban J connectivity index is 0.000000152. The topological polar surface area (TPSA) is 185 Å². The van der Waals surface area contributed by atoms with Gasteiger partial charge < -0.3 is 39.5 Å². The van der Waals surface area contributed by atoms with Gasteiger partial charge >= 0.3 is 0 Å². The summed E-state index contributed by atoms with van der Waals surface area (Å²) in [5.41, 5.74) is 5.90. The molecule has 0 bridgehead atoms. The SMILES string of the molecule is C[C@@H](O)c1nc2cnc3[nH]ccc3c2n1C1CCN(c2cccc(C#N)n2)CC1.C[C@@H](O)c1nc2cnc3[nH]ccc3c2n1C1CCNCC1. The summed E-state index contributed by atoms with van der Waals surface area (Å²) in [5.74, 6) is 2.26. The second-order valence-electron chi connectivity index (χ2n) is 13.2. The second-order valence-corrected chi connectivity index (χ2v) is 13.2. The first-order valence-electron chi connectivity index (χ1n) is 17.3. The summed E-state index contributed by atoms with van der Waals surface area (Å²) in [6.45, 7) is 7.20. The smallest absolute Gasteiger partial charge is 0.142 e. The molecule has 2 fully saturated rings. The number of H-pyrrole nitrogens is 2. The third kappa shape index (κ3) is 5.63. The molecule has 0 amide bonds. The molecule has 9 heterocycles. The Morgan fingerprint density at radius 3 is 1.82 bits per heavy atom. The molecule has 2 saturated heterocycles. The number of aliphatic hydroxyl groups is 2. The number of aromatic nitrogens is 9. The van der Waals surface area contributed by atoms with Crippen LogP contribution in [-0.4, -0.2) is 80.4 Å². The van der Waals surface area contributed by atoms with E-state index in [0.29, 0.717) is 17.6 Å². The predicted molar refractivity (Wildman–Crippen MR) is 191 cm³/mol. The maximum Gasteiger partial charge on any atom is 0.142 e. The van der Waals surface area contributed by atoms with E-state index in [0.717, 1.165) is 108 Å². The molecule has 256 valence electrons. The number of hydrogen-bond donors (Lipinski definition) is 5. The van der Waals surface area contributed by atoms with Crippen LogP contribution in [-0.2, 0) is 0 Å². The number of aliphatic hydroxyl groups excluding tert-OH is 2. The molecule has 2 aliphatic heterocycles. The molecule has 50 heavy (non-hydrogen) atoms. The van der Waals surface area contributed by atoms with Gasteiger partial charge in [0.05, 0.1) is 23.4 Å². The van der Waals surface area contributed by atoms with E-state index in [2.05, 4.69) is 55.3 Å². The van der Waals surface area contributed by atoms with Crippen LogP contribution in [0.3, 0.4) is 0 Å². The first-order valence-corrected chi connectivity index (χ1v) is 17.3. The van der Waals surface area contributed by atoms with Gasteiger partial charge in [-0.15, -0.1) is 0 Å². The number of nitriles is 1. The zero-order chi connectivity index (χ0) is 34.4. The summed E-state index contributed by atoms with van der Waals surface area (Å²) in [7, 11) is 0. The summed E-state index contributed by atoms with van der Waals surface area (Å²) in [6, 6.07) is 12.3. The number of hydrogen-bond acceptors (Lipinski definition) is 10. The quantitative estimate of drug-likeness (QED) is 0.167. The van der Waals surface area contributed by atoms with E-state index in [1.165, 1.54) is 0 Å². The van der Waals surface area contributed by atoms with Gasteiger partial charge in [-0.2, -0.15) is 5.26 Å². The molecular weight excluding hydrogens is 632 g/mol. The fraction of sp³-hybridized carbons (Fsp3) is 0.389. The van der Waals surface area contributed by atoms with Gasteiger partial charge in [0.25, 0.3) is 0 Å². The van der Waals surface area contributed by atoms with Crippen LogP contribution in [0.2, 0.25) is 0 Å². The van der Waals surface area contributed by atoms with Gasteiger partial charge in [-0.05, 0) is 76.9 Å². The van der Waals surface area contributed by atoms with Crippen LogP contribution in [0.25, 0.3) is 44.1 Å². The zero-order valence-electron chi connectivity index (χ0n) is 28.1. The normalized spacial score (nSPS) is 17.3. The molecule has 14 heteroatoms. The predicted octanol–water partition coefficient (Wildman–Crippen LogP) is 4.96. The third-order valence-electron chi connectivity index (χ3n) is 9.95.